The first kappa shape index (κ1) is 95.0. The van der Waals surface area contributed by atoms with Gasteiger partial charge in [-0.05, 0) is 106 Å². The largest absolute Gasteiger partial charge is 0.481 e. The molecule has 1 heterocycles. The van der Waals surface area contributed by atoms with E-state index in [0.29, 0.717) is 42.1 Å². The summed E-state index contributed by atoms with van der Waals surface area (Å²) < 4.78 is 0. The maximum atomic E-state index is 14.6. The maximum absolute atomic E-state index is 14.6. The molecule has 0 fully saturated rings. The summed E-state index contributed by atoms with van der Waals surface area (Å²) in [6.45, 7) is 14.1. The zero-order valence-electron chi connectivity index (χ0n) is 64.4. The van der Waals surface area contributed by atoms with Crippen molar-refractivity contribution in [2.45, 2.75) is 232 Å². The second-order valence-electron chi connectivity index (χ2n) is 28.2. The van der Waals surface area contributed by atoms with E-state index in [9.17, 15) is 81.8 Å². The molecular formula is C70H119N23O17+2. The fourth-order valence-electron chi connectivity index (χ4n) is 11.4. The first-order valence-corrected chi connectivity index (χ1v) is 36.9. The number of carbonyl (C=O) groups is 16. The van der Waals surface area contributed by atoms with E-state index in [1.165, 1.54) is 20.8 Å². The molecule has 1 aromatic carbocycles. The summed E-state index contributed by atoms with van der Waals surface area (Å²) in [7, 11) is 0. The minimum Gasteiger partial charge on any atom is -0.481 e. The number of carbonyl (C=O) groups excluding carboxylic acids is 15. The number of fused-ring (bicyclic) bond motifs is 1. The van der Waals surface area contributed by atoms with Gasteiger partial charge in [0.1, 0.15) is 66.5 Å². The van der Waals surface area contributed by atoms with Crippen LogP contribution in [0, 0.1) is 23.7 Å². The number of aromatic amines is 1. The Bertz CT molecular complexity index is 3540. The normalized spacial score (nSPS) is 14.4. The average molecular weight is 1550 g/mol. The molecule has 110 heavy (non-hydrogen) atoms. The summed E-state index contributed by atoms with van der Waals surface area (Å²) in [5, 5.41) is 41.2. The second-order valence-corrected chi connectivity index (χ2v) is 28.2. The number of aliphatic imine (C=N–C) groups is 2. The lowest BCUT2D eigenvalue weighted by atomic mass is 9.96. The molecule has 0 bridgehead atoms. The second kappa shape index (κ2) is 49.1. The van der Waals surface area contributed by atoms with Gasteiger partial charge < -0.3 is 114 Å². The molecule has 0 radical (unpaired) electrons. The highest BCUT2D eigenvalue weighted by Gasteiger charge is 2.39. The molecule has 0 aliphatic rings. The molecule has 0 unspecified atom stereocenters. The van der Waals surface area contributed by atoms with Crippen molar-refractivity contribution in [3.8, 4) is 0 Å². The Labute approximate surface area is 638 Å². The average Bonchev–Trinajstić information content (AvgIpc) is 1.63. The Morgan fingerprint density at radius 1 is 0.491 bits per heavy atom. The maximum Gasteiger partial charge on any atom is 0.308 e. The molecule has 2 aromatic rings. The fourth-order valence-corrected chi connectivity index (χ4v) is 11.4. The van der Waals surface area contributed by atoms with Crippen LogP contribution in [0.1, 0.15) is 164 Å². The summed E-state index contributed by atoms with van der Waals surface area (Å²) >= 11 is 0. The number of rotatable bonds is 53. The van der Waals surface area contributed by atoms with Crippen molar-refractivity contribution in [1.29, 1.82) is 0 Å². The Hall–Kier alpha value is -11.1. The molecule has 614 valence electrons. The number of quaternary nitrogens is 2. The summed E-state index contributed by atoms with van der Waals surface area (Å²) in [4.78, 5) is 228. The van der Waals surface area contributed by atoms with E-state index >= 15 is 0 Å². The number of H-pyrrole nitrogens is 1. The van der Waals surface area contributed by atoms with E-state index in [1.807, 2.05) is 0 Å². The van der Waals surface area contributed by atoms with E-state index in [4.69, 9.17) is 34.4 Å². The van der Waals surface area contributed by atoms with E-state index in [-0.39, 0.29) is 95.3 Å². The van der Waals surface area contributed by atoms with Crippen LogP contribution in [0.5, 0.6) is 0 Å². The third kappa shape index (κ3) is 35.8. The molecule has 0 saturated heterocycles. The van der Waals surface area contributed by atoms with Gasteiger partial charge in [-0.2, -0.15) is 0 Å². The molecule has 2 rings (SSSR count). The third-order valence-electron chi connectivity index (χ3n) is 17.6. The molecular weight excluding hydrogens is 1430 g/mol. The summed E-state index contributed by atoms with van der Waals surface area (Å²) in [6.07, 6.45) is 1.09. The number of nitrogens with two attached hydrogens (primary N) is 6. The van der Waals surface area contributed by atoms with E-state index in [2.05, 4.69) is 90.2 Å². The number of para-hydroxylation sites is 1. The minimum atomic E-state index is -1.82. The van der Waals surface area contributed by atoms with Gasteiger partial charge in [-0.15, -0.1) is 0 Å². The Balaban J connectivity index is 2.43. The van der Waals surface area contributed by atoms with Gasteiger partial charge >= 0.3 is 11.9 Å². The predicted octanol–water partition coefficient (Wildman–Crippen LogP) is -6.73. The van der Waals surface area contributed by atoms with E-state index in [0.717, 1.165) is 0 Å². The number of hydrogen-bond donors (Lipinski definition) is 22. The van der Waals surface area contributed by atoms with Gasteiger partial charge in [-0.3, -0.25) is 87.6 Å². The number of benzene rings is 1. The molecule has 40 nitrogen and oxygen atoms in total. The fraction of sp³-hybridized carbons (Fsp3) is 0.629. The van der Waals surface area contributed by atoms with Crippen LogP contribution in [-0.2, 0) is 83.1 Å². The van der Waals surface area contributed by atoms with Crippen molar-refractivity contribution in [2.75, 3.05) is 26.2 Å². The third-order valence-corrected chi connectivity index (χ3v) is 17.6. The van der Waals surface area contributed by atoms with E-state index < -0.39 is 205 Å². The number of nitrogens with one attached hydrogen (secondary N) is 13. The quantitative estimate of drug-likeness (QED) is 0.0166. The molecule has 1 aromatic heterocycles. The van der Waals surface area contributed by atoms with Crippen molar-refractivity contribution < 1.29 is 93.3 Å². The molecule has 32 N–H and O–H groups in total. The molecule has 0 aliphatic carbocycles. The van der Waals surface area contributed by atoms with Crippen LogP contribution in [0.3, 0.4) is 0 Å². The zero-order valence-corrected chi connectivity index (χ0v) is 64.4. The van der Waals surface area contributed by atoms with Gasteiger partial charge in [0.15, 0.2) is 11.9 Å². The Morgan fingerprint density at radius 3 is 1.42 bits per heavy atom. The van der Waals surface area contributed by atoms with Crippen LogP contribution in [-0.4, -0.2) is 209 Å². The van der Waals surface area contributed by atoms with Crippen molar-refractivity contribution >= 4 is 117 Å². The number of carboxylic acid groups (broad SMARTS) is 1. The van der Waals surface area contributed by atoms with Crippen molar-refractivity contribution in [3.63, 3.8) is 0 Å². The van der Waals surface area contributed by atoms with Gasteiger partial charge in [0, 0.05) is 50.0 Å². The van der Waals surface area contributed by atoms with Crippen LogP contribution in [0.15, 0.2) is 40.4 Å². The molecule has 15 amide bonds. The number of unbranched alkanes of at least 4 members (excludes halogenated alkanes) is 2. The lowest BCUT2D eigenvalue weighted by Crippen LogP contribution is -2.61. The molecule has 0 saturated carbocycles. The predicted molar refractivity (Wildman–Crippen MR) is 404 cm³/mol. The standard InChI is InChI=1S/C70H117N23O17/c1-10-38(8)57(68(110)89-48(30-35(2)3)64(106)85-43(58(74)100)23-25-51(72)95)93-62(104)46(21-14-16-29-80-70(77)78)86-61(103)45(22-17-27-71)84-53(97)34-82-59(101)50(32-52(73)96)90-67(109)56(37(6)7)91-63(105)47(24-26-54(98)99)87-66(108)55(36(4)5)92-65(107)49(31-40-33-81-42-19-12-11-18-41(40)42)88-60(102)44(83-39(9)94)20-13-15-28-79-69(75)76/h11-12,18-19,33,35-38,43-50,55-57,81H,10,13-17,20-32,34,71H2,1-9H3,(H2,72,95)(H2,73,96)(H2,74,100)(H,82,101)(H,83,94)(H,84,97)(H,85,106)(H,86,103)(H,87,108)(H,88,102)(H,89,110)(H,90,109)(H,91,105)(H,92,107)(H,93,104)(H,98,99)(H4,75,76,79)(H4,77,78,80)/p+2/t38-,43-,44-,45-,46-,47-,48-,49-,50-,55-,56-,57-/m0/s1. The number of aromatic nitrogens is 1. The zero-order chi connectivity index (χ0) is 83.1. The van der Waals surface area contributed by atoms with Gasteiger partial charge in [-0.25, -0.2) is 4.79 Å². The number of amides is 15. The van der Waals surface area contributed by atoms with Gasteiger partial charge in [-0.1, -0.05) is 80.0 Å². The van der Waals surface area contributed by atoms with Crippen LogP contribution in [0.2, 0.25) is 0 Å². The highest BCUT2D eigenvalue weighted by molar-refractivity contribution is 6.00. The van der Waals surface area contributed by atoms with Crippen molar-refractivity contribution in [3.05, 3.63) is 36.0 Å². The lowest BCUT2D eigenvalue weighted by Gasteiger charge is -2.30. The van der Waals surface area contributed by atoms with Crippen LogP contribution in [0.4, 0.5) is 0 Å². The first-order chi connectivity index (χ1) is 51.7. The van der Waals surface area contributed by atoms with Crippen molar-refractivity contribution in [1.82, 2.24) is 68.8 Å². The number of nitrogens with zero attached hydrogens (tertiary/aromatic N) is 2. The molecule has 0 spiro atoms. The summed E-state index contributed by atoms with van der Waals surface area (Å²) in [6, 6.07) is -8.57. The van der Waals surface area contributed by atoms with Crippen LogP contribution in [0.25, 0.3) is 10.9 Å². The molecule has 12 atom stereocenters. The molecule has 40 heteroatoms. The first-order valence-electron chi connectivity index (χ1n) is 36.9. The van der Waals surface area contributed by atoms with Crippen LogP contribution < -0.4 is 110 Å². The summed E-state index contributed by atoms with van der Waals surface area (Å²) in [5.74, 6) is -17.3. The number of hydrogen-bond acceptors (Lipinski definition) is 18. The number of carboxylic acids is 1. The van der Waals surface area contributed by atoms with Gasteiger partial charge in [0.2, 0.25) is 82.7 Å². The minimum absolute atomic E-state index is 0.0598. The highest BCUT2D eigenvalue weighted by atomic mass is 16.4. The number of guanidine groups is 2. The highest BCUT2D eigenvalue weighted by Crippen LogP contribution is 2.21. The lowest BCUT2D eigenvalue weighted by molar-refractivity contribution is -0.368. The Kier molecular flexibility index (Phi) is 42.4. The molecule has 0 aliphatic heterocycles. The van der Waals surface area contributed by atoms with Gasteiger partial charge in [0.25, 0.3) is 0 Å². The van der Waals surface area contributed by atoms with Crippen molar-refractivity contribution in [2.24, 2.45) is 68.1 Å². The van der Waals surface area contributed by atoms with E-state index in [1.54, 1.807) is 72.0 Å². The summed E-state index contributed by atoms with van der Waals surface area (Å²) in [5.41, 5.74) is 41.4. The van der Waals surface area contributed by atoms with Gasteiger partial charge in [0.05, 0.1) is 25.9 Å². The number of primary amides is 2. The smallest absolute Gasteiger partial charge is 0.308 e. The topological polar surface area (TPSA) is 690 Å². The number of aliphatic carboxylic acids is 1. The SMILES string of the molecule is CC[C@H](C)[C@H](NC(=O)[C@H](CCCCN=C(N)N)NC(=O)[C@H](CCC[NH3+])NC(=O)CNC(=O)[C@H](CC(N)=O)NC(=O)[C@@H](NC(=O)[C@H](CCC(=O)O)NC(=O)[C@@H](NC(=O)[C@H](Cc1c[nH]c2ccccc12)NC(=O)[C@H](CCCCN=C(N)N)NC(C)=O)C(C)C)C(C)C)C(=O)N[C@@H](CC(C)C)C(=O)N[C@@H](CCC([NH3+])=O)C(N)=O. The Morgan fingerprint density at radius 2 is 0.927 bits per heavy atom. The monoisotopic (exact) mass is 1550 g/mol. The van der Waals surface area contributed by atoms with Crippen LogP contribution >= 0.6 is 0 Å².